The van der Waals surface area contributed by atoms with Gasteiger partial charge in [0.15, 0.2) is 0 Å². The molecule has 0 aliphatic rings. The third-order valence-corrected chi connectivity index (χ3v) is 3.57. The molecule has 0 spiro atoms. The molecule has 3 aromatic rings. The zero-order chi connectivity index (χ0) is 20.1. The van der Waals surface area contributed by atoms with Gasteiger partial charge in [0.05, 0.1) is 17.6 Å². The summed E-state index contributed by atoms with van der Waals surface area (Å²) in [6.45, 7) is 0. The third kappa shape index (κ3) is 4.18. The highest BCUT2D eigenvalue weighted by Gasteiger charge is 2.25. The number of hydrogen-bond acceptors (Lipinski definition) is 8. The topological polar surface area (TPSA) is 116 Å². The van der Waals surface area contributed by atoms with E-state index in [1.165, 1.54) is 55.6 Å². The molecule has 0 amide bonds. The summed E-state index contributed by atoms with van der Waals surface area (Å²) in [7, 11) is 1.26. The number of nitrogens with zero attached hydrogens (tertiary/aromatic N) is 3. The second kappa shape index (κ2) is 8.08. The number of carbonyl (C=O) groups is 1. The fourth-order valence-electron chi connectivity index (χ4n) is 2.25. The minimum atomic E-state index is -0.690. The van der Waals surface area contributed by atoms with Gasteiger partial charge in [-0.3, -0.25) is 10.1 Å². The molecular formula is C18H13FN4O5. The number of anilines is 2. The SMILES string of the molecule is COC(=O)c1ccc(Oc2ncnc(Nc3ccc(F)cc3)c2[N+](=O)[O-])cc1. The van der Waals surface area contributed by atoms with Gasteiger partial charge in [-0.15, -0.1) is 0 Å². The third-order valence-electron chi connectivity index (χ3n) is 3.57. The molecule has 0 bridgehead atoms. The van der Waals surface area contributed by atoms with Crippen molar-refractivity contribution in [1.29, 1.82) is 0 Å². The molecule has 9 nitrogen and oxygen atoms in total. The maximum atomic E-state index is 13.0. The van der Waals surface area contributed by atoms with Crippen LogP contribution in [0.1, 0.15) is 10.4 Å². The lowest BCUT2D eigenvalue weighted by molar-refractivity contribution is -0.385. The molecule has 10 heteroatoms. The number of carbonyl (C=O) groups excluding carboxylic acids is 1. The molecule has 0 aliphatic heterocycles. The van der Waals surface area contributed by atoms with Gasteiger partial charge < -0.3 is 14.8 Å². The lowest BCUT2D eigenvalue weighted by Crippen LogP contribution is -2.04. The Kier molecular flexibility index (Phi) is 5.40. The van der Waals surface area contributed by atoms with Gasteiger partial charge in [0.1, 0.15) is 17.9 Å². The van der Waals surface area contributed by atoms with E-state index >= 15 is 0 Å². The number of halogens is 1. The van der Waals surface area contributed by atoms with Crippen LogP contribution in [0.5, 0.6) is 11.6 Å². The molecule has 1 heterocycles. The summed E-state index contributed by atoms with van der Waals surface area (Å²) < 4.78 is 23.1. The van der Waals surface area contributed by atoms with Crippen molar-refractivity contribution >= 4 is 23.2 Å². The van der Waals surface area contributed by atoms with E-state index in [1.54, 1.807) is 0 Å². The fraction of sp³-hybridized carbons (Fsp3) is 0.0556. The van der Waals surface area contributed by atoms with Gasteiger partial charge in [0, 0.05) is 5.69 Å². The van der Waals surface area contributed by atoms with Gasteiger partial charge in [-0.05, 0) is 48.5 Å². The van der Waals surface area contributed by atoms with E-state index < -0.39 is 22.4 Å². The Bertz CT molecular complexity index is 1010. The number of methoxy groups -OCH3 is 1. The van der Waals surface area contributed by atoms with Crippen LogP contribution in [-0.2, 0) is 4.74 Å². The van der Waals surface area contributed by atoms with E-state index in [0.29, 0.717) is 11.3 Å². The number of benzene rings is 2. The van der Waals surface area contributed by atoms with Crippen molar-refractivity contribution in [3.05, 3.63) is 76.4 Å². The summed E-state index contributed by atoms with van der Waals surface area (Å²) in [5, 5.41) is 14.3. The summed E-state index contributed by atoms with van der Waals surface area (Å²) in [6, 6.07) is 11.0. The molecule has 1 aromatic heterocycles. The summed E-state index contributed by atoms with van der Waals surface area (Å²) in [5.41, 5.74) is 0.200. The lowest BCUT2D eigenvalue weighted by atomic mass is 10.2. The lowest BCUT2D eigenvalue weighted by Gasteiger charge is -2.09. The first-order valence-corrected chi connectivity index (χ1v) is 7.86. The van der Waals surface area contributed by atoms with Crippen LogP contribution in [0.25, 0.3) is 0 Å². The normalized spacial score (nSPS) is 10.2. The summed E-state index contributed by atoms with van der Waals surface area (Å²) >= 11 is 0. The molecule has 3 rings (SSSR count). The van der Waals surface area contributed by atoms with Crippen LogP contribution in [0, 0.1) is 15.9 Å². The van der Waals surface area contributed by atoms with Crippen LogP contribution >= 0.6 is 0 Å². The van der Waals surface area contributed by atoms with Gasteiger partial charge in [-0.1, -0.05) is 0 Å². The van der Waals surface area contributed by atoms with E-state index in [0.717, 1.165) is 6.33 Å². The highest BCUT2D eigenvalue weighted by atomic mass is 19.1. The van der Waals surface area contributed by atoms with E-state index in [9.17, 15) is 19.3 Å². The second-order valence-corrected chi connectivity index (χ2v) is 5.38. The van der Waals surface area contributed by atoms with Gasteiger partial charge in [0.2, 0.25) is 5.82 Å². The standard InChI is InChI=1S/C18H13FN4O5/c1-27-18(24)11-2-8-14(9-3-11)28-17-15(23(25)26)16(20-10-21-17)22-13-6-4-12(19)5-7-13/h2-10H,1H3,(H,20,21,22). The first kappa shape index (κ1) is 18.7. The average molecular weight is 384 g/mol. The van der Waals surface area contributed by atoms with Crippen LogP contribution in [0.4, 0.5) is 21.6 Å². The molecule has 0 atom stereocenters. The van der Waals surface area contributed by atoms with E-state index in [-0.39, 0.29) is 17.4 Å². The molecule has 0 fully saturated rings. The Balaban J connectivity index is 1.89. The Hall–Kier alpha value is -4.08. The second-order valence-electron chi connectivity index (χ2n) is 5.38. The maximum absolute atomic E-state index is 13.0. The van der Waals surface area contributed by atoms with Crippen LogP contribution in [-0.4, -0.2) is 28.0 Å². The number of hydrogen-bond donors (Lipinski definition) is 1. The van der Waals surface area contributed by atoms with Crippen molar-refractivity contribution in [3.8, 4) is 11.6 Å². The number of aromatic nitrogens is 2. The summed E-state index contributed by atoms with van der Waals surface area (Å²) in [6.07, 6.45) is 1.09. The minimum absolute atomic E-state index is 0.118. The van der Waals surface area contributed by atoms with E-state index in [4.69, 9.17) is 4.74 Å². The minimum Gasteiger partial charge on any atom is -0.465 e. The average Bonchev–Trinajstić information content (AvgIpc) is 2.69. The Morgan fingerprint density at radius 2 is 1.79 bits per heavy atom. The van der Waals surface area contributed by atoms with E-state index in [1.807, 2.05) is 0 Å². The van der Waals surface area contributed by atoms with Crippen molar-refractivity contribution in [1.82, 2.24) is 9.97 Å². The van der Waals surface area contributed by atoms with E-state index in [2.05, 4.69) is 20.0 Å². The van der Waals surface area contributed by atoms with Crippen molar-refractivity contribution in [2.45, 2.75) is 0 Å². The smallest absolute Gasteiger partial charge is 0.373 e. The van der Waals surface area contributed by atoms with Gasteiger partial charge in [-0.2, -0.15) is 4.98 Å². The number of nitrogens with one attached hydrogen (secondary N) is 1. The predicted molar refractivity (Wildman–Crippen MR) is 96.2 cm³/mol. The molecule has 0 radical (unpaired) electrons. The first-order chi connectivity index (χ1) is 13.5. The van der Waals surface area contributed by atoms with Crippen LogP contribution < -0.4 is 10.1 Å². The van der Waals surface area contributed by atoms with Crippen LogP contribution in [0.2, 0.25) is 0 Å². The molecule has 0 saturated heterocycles. The molecule has 2 aromatic carbocycles. The highest BCUT2D eigenvalue weighted by molar-refractivity contribution is 5.89. The molecular weight excluding hydrogens is 371 g/mol. The Labute approximate surface area is 157 Å². The summed E-state index contributed by atoms with van der Waals surface area (Å²) in [4.78, 5) is 30.0. The molecule has 0 unspecified atom stereocenters. The monoisotopic (exact) mass is 384 g/mol. The quantitative estimate of drug-likeness (QED) is 0.387. The van der Waals surface area contributed by atoms with Gasteiger partial charge >= 0.3 is 17.5 Å². The fourth-order valence-corrected chi connectivity index (χ4v) is 2.25. The van der Waals surface area contributed by atoms with Crippen molar-refractivity contribution in [2.24, 2.45) is 0 Å². The molecule has 142 valence electrons. The number of ether oxygens (including phenoxy) is 2. The Morgan fingerprint density at radius 3 is 2.39 bits per heavy atom. The van der Waals surface area contributed by atoms with Crippen LogP contribution in [0.3, 0.4) is 0 Å². The number of esters is 1. The largest absolute Gasteiger partial charge is 0.465 e. The predicted octanol–water partition coefficient (Wildman–Crippen LogP) is 3.85. The van der Waals surface area contributed by atoms with Crippen LogP contribution in [0.15, 0.2) is 54.9 Å². The molecule has 0 saturated carbocycles. The van der Waals surface area contributed by atoms with Crippen molar-refractivity contribution < 1.29 is 23.6 Å². The van der Waals surface area contributed by atoms with Crippen molar-refractivity contribution in [3.63, 3.8) is 0 Å². The molecule has 28 heavy (non-hydrogen) atoms. The first-order valence-electron chi connectivity index (χ1n) is 7.86. The zero-order valence-corrected chi connectivity index (χ0v) is 14.5. The maximum Gasteiger partial charge on any atom is 0.373 e. The highest BCUT2D eigenvalue weighted by Crippen LogP contribution is 2.35. The van der Waals surface area contributed by atoms with Gasteiger partial charge in [-0.25, -0.2) is 14.2 Å². The number of rotatable bonds is 6. The zero-order valence-electron chi connectivity index (χ0n) is 14.5. The van der Waals surface area contributed by atoms with Gasteiger partial charge in [0.25, 0.3) is 0 Å². The Morgan fingerprint density at radius 1 is 1.11 bits per heavy atom. The molecule has 0 aliphatic carbocycles. The molecule has 1 N–H and O–H groups in total. The summed E-state index contributed by atoms with van der Waals surface area (Å²) in [5.74, 6) is -1.15. The number of nitro groups is 1. The van der Waals surface area contributed by atoms with Crippen molar-refractivity contribution in [2.75, 3.05) is 12.4 Å².